The van der Waals surface area contributed by atoms with Gasteiger partial charge in [0.1, 0.15) is 11.9 Å². The van der Waals surface area contributed by atoms with Crippen LogP contribution in [0.2, 0.25) is 0 Å². The average Bonchev–Trinajstić information content (AvgIpc) is 2.86. The standard InChI is InChI=1S/C19H23NO/c1-13-5-4-6-16(9-13)15(3)20-12-18-11-17-10-14(2)7-8-19(17)21-18/h4-10,15,18,20H,11-12H2,1-3H3/t15-,18?/m0/s1. The van der Waals surface area contributed by atoms with E-state index in [0.29, 0.717) is 6.04 Å². The Balaban J connectivity index is 1.57. The van der Waals surface area contributed by atoms with E-state index in [4.69, 9.17) is 4.74 Å². The minimum atomic E-state index is 0.244. The molecule has 2 heteroatoms. The Hall–Kier alpha value is -1.80. The molecule has 1 aliphatic heterocycles. The van der Waals surface area contributed by atoms with Crippen molar-refractivity contribution in [1.82, 2.24) is 5.32 Å². The first kappa shape index (κ1) is 14.2. The summed E-state index contributed by atoms with van der Waals surface area (Å²) in [6.07, 6.45) is 1.25. The summed E-state index contributed by atoms with van der Waals surface area (Å²) in [6.45, 7) is 7.35. The van der Waals surface area contributed by atoms with E-state index in [2.05, 4.69) is 68.6 Å². The molecule has 0 bridgehead atoms. The lowest BCUT2D eigenvalue weighted by Crippen LogP contribution is -2.31. The summed E-state index contributed by atoms with van der Waals surface area (Å²) in [6, 6.07) is 15.5. The average molecular weight is 281 g/mol. The summed E-state index contributed by atoms with van der Waals surface area (Å²) in [5.74, 6) is 1.05. The molecule has 1 aliphatic rings. The fraction of sp³-hybridized carbons (Fsp3) is 0.368. The third kappa shape index (κ3) is 3.27. The number of fused-ring (bicyclic) bond motifs is 1. The maximum Gasteiger partial charge on any atom is 0.123 e. The highest BCUT2D eigenvalue weighted by atomic mass is 16.5. The molecule has 0 saturated carbocycles. The molecule has 2 nitrogen and oxygen atoms in total. The first-order valence-electron chi connectivity index (χ1n) is 7.68. The van der Waals surface area contributed by atoms with E-state index >= 15 is 0 Å². The van der Waals surface area contributed by atoms with Gasteiger partial charge in [0.05, 0.1) is 0 Å². The molecular formula is C19H23NO. The molecule has 3 rings (SSSR count). The first-order chi connectivity index (χ1) is 10.1. The van der Waals surface area contributed by atoms with Crippen LogP contribution >= 0.6 is 0 Å². The highest BCUT2D eigenvalue weighted by molar-refractivity contribution is 5.40. The Labute approximate surface area is 127 Å². The van der Waals surface area contributed by atoms with Crippen LogP contribution in [0.4, 0.5) is 0 Å². The van der Waals surface area contributed by atoms with Crippen molar-refractivity contribution in [3.8, 4) is 5.75 Å². The fourth-order valence-electron chi connectivity index (χ4n) is 2.93. The van der Waals surface area contributed by atoms with Crippen molar-refractivity contribution in [1.29, 1.82) is 0 Å². The second-order valence-corrected chi connectivity index (χ2v) is 6.10. The molecule has 0 fully saturated rings. The second-order valence-electron chi connectivity index (χ2n) is 6.10. The van der Waals surface area contributed by atoms with Gasteiger partial charge in [0.25, 0.3) is 0 Å². The van der Waals surface area contributed by atoms with Gasteiger partial charge < -0.3 is 10.1 Å². The van der Waals surface area contributed by atoms with Gasteiger partial charge in [-0.15, -0.1) is 0 Å². The maximum atomic E-state index is 6.01. The third-order valence-electron chi connectivity index (χ3n) is 4.15. The van der Waals surface area contributed by atoms with E-state index in [0.717, 1.165) is 18.7 Å². The molecule has 0 aliphatic carbocycles. The molecular weight excluding hydrogens is 258 g/mol. The van der Waals surface area contributed by atoms with Crippen molar-refractivity contribution in [2.45, 2.75) is 39.3 Å². The normalized spacial score (nSPS) is 18.1. The van der Waals surface area contributed by atoms with Gasteiger partial charge in [0.15, 0.2) is 0 Å². The zero-order valence-electron chi connectivity index (χ0n) is 13.0. The van der Waals surface area contributed by atoms with E-state index in [-0.39, 0.29) is 6.10 Å². The number of hydrogen-bond acceptors (Lipinski definition) is 2. The molecule has 1 heterocycles. The minimum Gasteiger partial charge on any atom is -0.488 e. The summed E-state index contributed by atoms with van der Waals surface area (Å²) in [5, 5.41) is 3.59. The highest BCUT2D eigenvalue weighted by Crippen LogP contribution is 2.29. The van der Waals surface area contributed by atoms with E-state index in [1.165, 1.54) is 22.3 Å². The molecule has 1 unspecified atom stereocenters. The van der Waals surface area contributed by atoms with Crippen molar-refractivity contribution in [3.63, 3.8) is 0 Å². The predicted molar refractivity (Wildman–Crippen MR) is 86.9 cm³/mol. The topological polar surface area (TPSA) is 21.3 Å². The zero-order valence-corrected chi connectivity index (χ0v) is 13.0. The van der Waals surface area contributed by atoms with E-state index in [9.17, 15) is 0 Å². The molecule has 0 amide bonds. The van der Waals surface area contributed by atoms with Crippen LogP contribution in [0.5, 0.6) is 5.75 Å². The molecule has 2 aromatic rings. The van der Waals surface area contributed by atoms with Gasteiger partial charge in [0.2, 0.25) is 0 Å². The second kappa shape index (κ2) is 5.90. The van der Waals surface area contributed by atoms with Crippen molar-refractivity contribution in [2.24, 2.45) is 0 Å². The first-order valence-corrected chi connectivity index (χ1v) is 7.68. The van der Waals surface area contributed by atoms with Crippen LogP contribution in [-0.2, 0) is 6.42 Å². The Bertz CT molecular complexity index is 635. The van der Waals surface area contributed by atoms with E-state index in [1.807, 2.05) is 0 Å². The summed E-state index contributed by atoms with van der Waals surface area (Å²) in [4.78, 5) is 0. The van der Waals surface area contributed by atoms with Gasteiger partial charge in [-0.2, -0.15) is 0 Å². The fourth-order valence-corrected chi connectivity index (χ4v) is 2.93. The van der Waals surface area contributed by atoms with Gasteiger partial charge in [-0.05, 0) is 38.0 Å². The van der Waals surface area contributed by atoms with Crippen molar-refractivity contribution < 1.29 is 4.74 Å². The summed E-state index contributed by atoms with van der Waals surface area (Å²) < 4.78 is 6.01. The largest absolute Gasteiger partial charge is 0.488 e. The molecule has 21 heavy (non-hydrogen) atoms. The SMILES string of the molecule is Cc1cccc([C@H](C)NCC2Cc3cc(C)ccc3O2)c1. The number of rotatable bonds is 4. The van der Waals surface area contributed by atoms with Gasteiger partial charge in [-0.3, -0.25) is 0 Å². The molecule has 110 valence electrons. The van der Waals surface area contributed by atoms with Crippen molar-refractivity contribution >= 4 is 0 Å². The number of hydrogen-bond donors (Lipinski definition) is 1. The summed E-state index contributed by atoms with van der Waals surface area (Å²) in [5.41, 5.74) is 5.28. The van der Waals surface area contributed by atoms with Crippen molar-refractivity contribution in [3.05, 3.63) is 64.7 Å². The maximum absolute atomic E-state index is 6.01. The Morgan fingerprint density at radius 1 is 1.14 bits per heavy atom. The van der Waals surface area contributed by atoms with Gasteiger partial charge in [-0.25, -0.2) is 0 Å². The monoisotopic (exact) mass is 281 g/mol. The Kier molecular flexibility index (Phi) is 3.98. The third-order valence-corrected chi connectivity index (χ3v) is 4.15. The lowest BCUT2D eigenvalue weighted by atomic mass is 10.0. The molecule has 2 atom stereocenters. The van der Waals surface area contributed by atoms with Crippen LogP contribution in [0.3, 0.4) is 0 Å². The van der Waals surface area contributed by atoms with Crippen LogP contribution in [0.1, 0.15) is 35.2 Å². The number of aryl methyl sites for hydroxylation is 2. The van der Waals surface area contributed by atoms with E-state index < -0.39 is 0 Å². The Morgan fingerprint density at radius 2 is 1.95 bits per heavy atom. The van der Waals surface area contributed by atoms with Crippen LogP contribution < -0.4 is 10.1 Å². The molecule has 0 radical (unpaired) electrons. The van der Waals surface area contributed by atoms with Crippen LogP contribution in [0, 0.1) is 13.8 Å². The number of benzene rings is 2. The minimum absolute atomic E-state index is 0.244. The quantitative estimate of drug-likeness (QED) is 0.916. The highest BCUT2D eigenvalue weighted by Gasteiger charge is 2.23. The molecule has 0 aromatic heterocycles. The van der Waals surface area contributed by atoms with Crippen LogP contribution in [0.25, 0.3) is 0 Å². The molecule has 0 spiro atoms. The van der Waals surface area contributed by atoms with Crippen molar-refractivity contribution in [2.75, 3.05) is 6.54 Å². The Morgan fingerprint density at radius 3 is 2.76 bits per heavy atom. The number of ether oxygens (including phenoxy) is 1. The summed E-state index contributed by atoms with van der Waals surface area (Å²) >= 11 is 0. The molecule has 1 N–H and O–H groups in total. The van der Waals surface area contributed by atoms with Crippen LogP contribution in [0.15, 0.2) is 42.5 Å². The molecule has 0 saturated heterocycles. The lowest BCUT2D eigenvalue weighted by molar-refractivity contribution is 0.222. The smallest absolute Gasteiger partial charge is 0.123 e. The van der Waals surface area contributed by atoms with Gasteiger partial charge >= 0.3 is 0 Å². The van der Waals surface area contributed by atoms with Gasteiger partial charge in [-0.1, -0.05) is 47.5 Å². The predicted octanol–water partition coefficient (Wildman–Crippen LogP) is 3.96. The zero-order chi connectivity index (χ0) is 14.8. The number of nitrogens with one attached hydrogen (secondary N) is 1. The molecule has 2 aromatic carbocycles. The van der Waals surface area contributed by atoms with Gasteiger partial charge in [0, 0.05) is 19.0 Å². The lowest BCUT2D eigenvalue weighted by Gasteiger charge is -2.18. The summed E-state index contributed by atoms with van der Waals surface area (Å²) in [7, 11) is 0. The van der Waals surface area contributed by atoms with E-state index in [1.54, 1.807) is 0 Å². The van der Waals surface area contributed by atoms with Crippen LogP contribution in [-0.4, -0.2) is 12.6 Å².